The topological polar surface area (TPSA) is 165 Å². The lowest BCUT2D eigenvalue weighted by atomic mass is 9.91. The molecule has 0 radical (unpaired) electrons. The molecule has 3 atom stereocenters. The highest BCUT2D eigenvalue weighted by Gasteiger charge is 2.58. The average Bonchev–Trinajstić information content (AvgIpc) is 2.66. The molecule has 1 aliphatic heterocycles. The fourth-order valence-corrected chi connectivity index (χ4v) is 3.08. The third-order valence-electron chi connectivity index (χ3n) is 3.75. The van der Waals surface area contributed by atoms with E-state index >= 15 is 0 Å². The summed E-state index contributed by atoms with van der Waals surface area (Å²) in [6, 6.07) is 3.23. The van der Waals surface area contributed by atoms with Crippen LogP contribution in [0.25, 0.3) is 0 Å². The van der Waals surface area contributed by atoms with Crippen LogP contribution in [0.5, 0.6) is 0 Å². The zero-order valence-corrected chi connectivity index (χ0v) is 17.9. The smallest absolute Gasteiger partial charge is 0.408 e. The van der Waals surface area contributed by atoms with Crippen molar-refractivity contribution in [3.05, 3.63) is 35.9 Å². The first-order valence-corrected chi connectivity index (χ1v) is 11.1. The molecule has 0 saturated carbocycles. The van der Waals surface area contributed by atoms with Crippen LogP contribution in [0, 0.1) is 0 Å². The van der Waals surface area contributed by atoms with Gasteiger partial charge in [0.15, 0.2) is 5.56 Å². The first-order valence-electron chi connectivity index (χ1n) is 8.36. The van der Waals surface area contributed by atoms with E-state index in [0.29, 0.717) is 5.56 Å². The van der Waals surface area contributed by atoms with Gasteiger partial charge in [0.05, 0.1) is 0 Å². The average molecular weight is 496 g/mol. The molecular weight excluding hydrogens is 481 g/mol. The van der Waals surface area contributed by atoms with Gasteiger partial charge in [0.1, 0.15) is 18.7 Å². The van der Waals surface area contributed by atoms with E-state index in [1.54, 1.807) is 30.3 Å². The lowest BCUT2D eigenvalue weighted by Crippen LogP contribution is -2.76. The van der Waals surface area contributed by atoms with Crippen molar-refractivity contribution in [3.63, 3.8) is 0 Å². The number of carbonyl (C=O) groups is 5. The predicted molar refractivity (Wildman–Crippen MR) is 104 cm³/mol. The van der Waals surface area contributed by atoms with Crippen molar-refractivity contribution in [1.29, 1.82) is 0 Å². The molecule has 1 aromatic rings. The number of alkyl carbamates (subject to hydrolysis) is 1. The first kappa shape index (κ1) is 24.4. The minimum absolute atomic E-state index is 0.102. The minimum atomic E-state index is -4.62. The second kappa shape index (κ2) is 9.94. The molecule has 15 heteroatoms. The van der Waals surface area contributed by atoms with Crippen LogP contribution in [0.2, 0.25) is 0 Å². The Morgan fingerprint density at radius 2 is 1.81 bits per heavy atom. The van der Waals surface area contributed by atoms with Gasteiger partial charge in [-0.1, -0.05) is 41.9 Å². The van der Waals surface area contributed by atoms with Gasteiger partial charge in [-0.25, -0.2) is 24.0 Å². The molecule has 1 fully saturated rings. The van der Waals surface area contributed by atoms with E-state index in [9.17, 15) is 32.4 Å². The number of hydrogen-bond donors (Lipinski definition) is 2. The van der Waals surface area contributed by atoms with Crippen molar-refractivity contribution in [3.8, 4) is 0 Å². The molecular formula is C16H15Cl2N3O9S. The predicted octanol–water partition coefficient (Wildman–Crippen LogP) is 0.383. The molecule has 12 nitrogen and oxygen atoms in total. The number of urea groups is 1. The van der Waals surface area contributed by atoms with Crippen LogP contribution in [0.15, 0.2) is 30.3 Å². The van der Waals surface area contributed by atoms with Crippen LogP contribution < -0.4 is 10.0 Å². The number of ketones is 1. The summed E-state index contributed by atoms with van der Waals surface area (Å²) in [4.78, 5) is 60.7. The van der Waals surface area contributed by atoms with Gasteiger partial charge in [0, 0.05) is 10.7 Å². The quantitative estimate of drug-likeness (QED) is 0.178. The number of hydrogen-bond acceptors (Lipinski definition) is 9. The zero-order chi connectivity index (χ0) is 23.3. The zero-order valence-electron chi connectivity index (χ0n) is 15.6. The molecule has 1 aliphatic rings. The summed E-state index contributed by atoms with van der Waals surface area (Å²) in [5.41, 5.74) is -0.599. The monoisotopic (exact) mass is 495 g/mol. The van der Waals surface area contributed by atoms with Crippen molar-refractivity contribution in [2.24, 2.45) is 0 Å². The number of carbonyl (C=O) groups excluding carboxylic acids is 5. The van der Waals surface area contributed by atoms with Crippen molar-refractivity contribution in [2.45, 2.75) is 31.2 Å². The van der Waals surface area contributed by atoms with E-state index in [1.165, 1.54) is 11.6 Å². The maximum Gasteiger partial charge on any atom is 0.408 e. The normalized spacial score (nSPS) is 18.9. The number of nitrogens with one attached hydrogen (secondary N) is 2. The SMILES string of the molecule is CC(Cl)OC(=O)C(=O)[C@H]1[C@@H](NC(=O)OCc2ccccc2)C(=O)N1C(=O)NS(=O)(=O)Cl. The molecule has 31 heavy (non-hydrogen) atoms. The Bertz CT molecular complexity index is 1000. The summed E-state index contributed by atoms with van der Waals surface area (Å²) < 4.78 is 32.8. The molecule has 1 unspecified atom stereocenters. The molecule has 0 bridgehead atoms. The number of imide groups is 1. The molecule has 0 aliphatic carbocycles. The molecule has 1 saturated heterocycles. The largest absolute Gasteiger partial charge is 0.445 e. The number of nitrogens with zero attached hydrogens (tertiary/aromatic N) is 1. The van der Waals surface area contributed by atoms with Crippen molar-refractivity contribution >= 4 is 61.3 Å². The Kier molecular flexibility index (Phi) is 7.81. The number of benzene rings is 1. The van der Waals surface area contributed by atoms with Crippen molar-refractivity contribution in [1.82, 2.24) is 14.9 Å². The van der Waals surface area contributed by atoms with Gasteiger partial charge in [-0.15, -0.1) is 0 Å². The molecule has 2 N–H and O–H groups in total. The standard InChI is InChI=1S/C16H15Cl2N3O9S/c1-8(17)30-14(24)12(22)11-10(13(23)21(11)15(25)20-31(18,27)28)19-16(26)29-7-9-5-3-2-4-6-9/h2-6,8,10-11H,7H2,1H3,(H,19,26)(H,20,25)/t8?,10-,11-/m1/s1. The highest BCUT2D eigenvalue weighted by atomic mass is 35.7. The van der Waals surface area contributed by atoms with E-state index in [2.05, 4.69) is 4.74 Å². The summed E-state index contributed by atoms with van der Waals surface area (Å²) in [5, 5.41) is 2.05. The molecule has 1 aromatic carbocycles. The Hall–Kier alpha value is -2.90. The minimum Gasteiger partial charge on any atom is -0.445 e. The van der Waals surface area contributed by atoms with E-state index in [1.807, 2.05) is 5.32 Å². The molecule has 1 heterocycles. The molecule has 4 amide bonds. The van der Waals surface area contributed by atoms with Crippen LogP contribution in [-0.2, 0) is 39.7 Å². The Labute approximate surface area is 185 Å². The van der Waals surface area contributed by atoms with Crippen LogP contribution >= 0.6 is 22.3 Å². The van der Waals surface area contributed by atoms with Crippen LogP contribution in [0.1, 0.15) is 12.5 Å². The third-order valence-corrected chi connectivity index (χ3v) is 4.49. The van der Waals surface area contributed by atoms with Crippen LogP contribution in [0.3, 0.4) is 0 Å². The van der Waals surface area contributed by atoms with E-state index in [0.717, 1.165) is 0 Å². The van der Waals surface area contributed by atoms with Gasteiger partial charge in [-0.2, -0.15) is 8.42 Å². The van der Waals surface area contributed by atoms with Crippen molar-refractivity contribution < 1.29 is 41.9 Å². The second-order valence-electron chi connectivity index (χ2n) is 5.99. The van der Waals surface area contributed by atoms with Gasteiger partial charge in [-0.3, -0.25) is 9.59 Å². The Morgan fingerprint density at radius 3 is 2.35 bits per heavy atom. The molecule has 2 rings (SSSR count). The number of esters is 1. The molecule has 168 valence electrons. The molecule has 0 aromatic heterocycles. The molecule has 0 spiro atoms. The van der Waals surface area contributed by atoms with Gasteiger partial charge in [0.2, 0.25) is 0 Å². The second-order valence-corrected chi connectivity index (χ2v) is 8.91. The Morgan fingerprint density at radius 1 is 1.19 bits per heavy atom. The van der Waals surface area contributed by atoms with Gasteiger partial charge in [-0.05, 0) is 12.5 Å². The van der Waals surface area contributed by atoms with Crippen LogP contribution in [0.4, 0.5) is 9.59 Å². The number of likely N-dealkylation sites (tertiary alicyclic amines) is 1. The van der Waals surface area contributed by atoms with Gasteiger partial charge in [0.25, 0.3) is 11.7 Å². The summed E-state index contributed by atoms with van der Waals surface area (Å²) in [5.74, 6) is -4.15. The highest BCUT2D eigenvalue weighted by Crippen LogP contribution is 2.23. The van der Waals surface area contributed by atoms with Gasteiger partial charge < -0.3 is 14.8 Å². The summed E-state index contributed by atoms with van der Waals surface area (Å²) in [6.07, 6.45) is -1.14. The number of β-lactam (4-membered cyclic amide) rings is 1. The van der Waals surface area contributed by atoms with Gasteiger partial charge >= 0.3 is 27.3 Å². The maximum absolute atomic E-state index is 12.4. The fraction of sp³-hybridized carbons (Fsp3) is 0.312. The summed E-state index contributed by atoms with van der Waals surface area (Å²) >= 11 is 5.48. The third kappa shape index (κ3) is 6.54. The summed E-state index contributed by atoms with van der Waals surface area (Å²) in [6.45, 7) is 1.05. The van der Waals surface area contributed by atoms with Crippen LogP contribution in [-0.4, -0.2) is 60.7 Å². The van der Waals surface area contributed by atoms with E-state index in [-0.39, 0.29) is 11.5 Å². The number of halogens is 2. The fourth-order valence-electron chi connectivity index (χ4n) is 2.50. The highest BCUT2D eigenvalue weighted by molar-refractivity contribution is 8.12. The number of amides is 4. The Balaban J connectivity index is 2.14. The number of Topliss-reactive ketones (excluding diaryl/α,β-unsaturated/α-hetero) is 1. The first-order chi connectivity index (χ1) is 14.4. The van der Waals surface area contributed by atoms with E-state index in [4.69, 9.17) is 27.0 Å². The lowest BCUT2D eigenvalue weighted by Gasteiger charge is -2.43. The number of ether oxygens (including phenoxy) is 2. The van der Waals surface area contributed by atoms with E-state index < -0.39 is 56.7 Å². The number of rotatable bonds is 7. The van der Waals surface area contributed by atoms with Crippen molar-refractivity contribution in [2.75, 3.05) is 0 Å². The summed E-state index contributed by atoms with van der Waals surface area (Å²) in [7, 11) is 0.280. The lowest BCUT2D eigenvalue weighted by molar-refractivity contribution is -0.163. The number of alkyl halides is 1. The maximum atomic E-state index is 12.4.